The molecule has 6 atom stereocenters. The summed E-state index contributed by atoms with van der Waals surface area (Å²) in [5.74, 6) is -0.601. The first kappa shape index (κ1) is 35.2. The van der Waals surface area contributed by atoms with Gasteiger partial charge in [-0.3, -0.25) is 0 Å². The maximum atomic E-state index is 14.4. The van der Waals surface area contributed by atoms with E-state index in [1.807, 2.05) is 159 Å². The fourth-order valence-electron chi connectivity index (χ4n) is 6.47. The molecule has 1 aliphatic heterocycles. The zero-order chi connectivity index (χ0) is 34.6. The number of esters is 1. The Balaban J connectivity index is 1.45. The standard InChI is InChI=1S/C43H44O7/c1-32-38(46-28-33-18-8-3-9-19-33)39(47-29-34-20-10-4-11-21-34)40(48-30-35-22-12-5-13-23-35)41(50-32)43(42(44)45-2,37-26-16-7-17-27-37)49-31-36-24-14-6-15-25-36/h3-27,32,38-41H,28-31H2,1-2H3/t32-,38+,39+,40-,41-,43-/m0/s1. The Morgan fingerprint density at radius 1 is 0.540 bits per heavy atom. The molecule has 0 saturated carbocycles. The highest BCUT2D eigenvalue weighted by molar-refractivity contribution is 5.82. The predicted molar refractivity (Wildman–Crippen MR) is 191 cm³/mol. The second kappa shape index (κ2) is 17.3. The molecule has 7 heteroatoms. The fraction of sp³-hybridized carbons (Fsp3) is 0.279. The van der Waals surface area contributed by atoms with E-state index in [0.29, 0.717) is 18.8 Å². The molecule has 0 amide bonds. The highest BCUT2D eigenvalue weighted by atomic mass is 16.6. The van der Waals surface area contributed by atoms with Crippen LogP contribution in [0.3, 0.4) is 0 Å². The van der Waals surface area contributed by atoms with Gasteiger partial charge in [0, 0.05) is 0 Å². The first-order valence-corrected chi connectivity index (χ1v) is 17.0. The van der Waals surface area contributed by atoms with Gasteiger partial charge in [-0.05, 0) is 34.7 Å². The minimum Gasteiger partial charge on any atom is -0.467 e. The van der Waals surface area contributed by atoms with E-state index in [9.17, 15) is 4.79 Å². The summed E-state index contributed by atoms with van der Waals surface area (Å²) in [5.41, 5.74) is 2.71. The summed E-state index contributed by atoms with van der Waals surface area (Å²) in [7, 11) is 1.37. The molecule has 0 radical (unpaired) electrons. The molecule has 1 aliphatic rings. The number of hydrogen-bond donors (Lipinski definition) is 0. The number of benzene rings is 5. The normalized spacial score (nSPS) is 21.6. The Bertz CT molecular complexity index is 1720. The van der Waals surface area contributed by atoms with E-state index >= 15 is 0 Å². The molecule has 5 aromatic rings. The van der Waals surface area contributed by atoms with Gasteiger partial charge in [0.1, 0.15) is 24.4 Å². The smallest absolute Gasteiger partial charge is 0.345 e. The number of rotatable bonds is 15. The number of ether oxygens (including phenoxy) is 6. The largest absolute Gasteiger partial charge is 0.467 e. The van der Waals surface area contributed by atoms with Crippen LogP contribution in [-0.2, 0) is 65.2 Å². The molecule has 0 bridgehead atoms. The van der Waals surface area contributed by atoms with Gasteiger partial charge in [0.25, 0.3) is 0 Å². The maximum Gasteiger partial charge on any atom is 0.345 e. The molecule has 7 nitrogen and oxygen atoms in total. The molecule has 1 heterocycles. The molecule has 0 aliphatic carbocycles. The lowest BCUT2D eigenvalue weighted by atomic mass is 9.79. The van der Waals surface area contributed by atoms with E-state index in [2.05, 4.69) is 0 Å². The lowest BCUT2D eigenvalue weighted by Crippen LogP contribution is -2.67. The average Bonchev–Trinajstić information content (AvgIpc) is 3.18. The SMILES string of the molecule is COC(=O)[C@](OCc1ccccc1)(c1ccccc1)[C@H]1O[C@@H](C)[C@@H](OCc2ccccc2)[C@@H](OCc2ccccc2)[C@@H]1OCc1ccccc1. The van der Waals surface area contributed by atoms with Gasteiger partial charge in [-0.25, -0.2) is 4.79 Å². The average molecular weight is 673 g/mol. The molecule has 1 fully saturated rings. The van der Waals surface area contributed by atoms with Gasteiger partial charge in [0.15, 0.2) is 0 Å². The summed E-state index contributed by atoms with van der Waals surface area (Å²) in [6.07, 6.45) is -3.61. The molecule has 0 spiro atoms. The van der Waals surface area contributed by atoms with Crippen LogP contribution in [0.15, 0.2) is 152 Å². The summed E-state index contributed by atoms with van der Waals surface area (Å²) in [4.78, 5) is 14.4. The highest BCUT2D eigenvalue weighted by Gasteiger charge is 2.60. The monoisotopic (exact) mass is 672 g/mol. The van der Waals surface area contributed by atoms with Crippen molar-refractivity contribution < 1.29 is 33.2 Å². The summed E-state index contributed by atoms with van der Waals surface area (Å²) in [6, 6.07) is 49.0. The van der Waals surface area contributed by atoms with Crippen LogP contribution in [0.5, 0.6) is 0 Å². The van der Waals surface area contributed by atoms with Crippen LogP contribution >= 0.6 is 0 Å². The zero-order valence-electron chi connectivity index (χ0n) is 28.5. The summed E-state index contributed by atoms with van der Waals surface area (Å²) >= 11 is 0. The number of carbonyl (C=O) groups excluding carboxylic acids is 1. The Kier molecular flexibility index (Phi) is 12.2. The van der Waals surface area contributed by atoms with Crippen molar-refractivity contribution in [3.8, 4) is 0 Å². The molecule has 6 rings (SSSR count). The minimum absolute atomic E-state index is 0.119. The predicted octanol–water partition coefficient (Wildman–Crippen LogP) is 7.82. The second-order valence-corrected chi connectivity index (χ2v) is 12.4. The Morgan fingerprint density at radius 2 is 0.920 bits per heavy atom. The summed E-state index contributed by atoms with van der Waals surface area (Å²) in [5, 5.41) is 0. The van der Waals surface area contributed by atoms with Crippen LogP contribution in [0, 0.1) is 0 Å². The van der Waals surface area contributed by atoms with Crippen molar-refractivity contribution in [3.05, 3.63) is 179 Å². The van der Waals surface area contributed by atoms with E-state index in [1.54, 1.807) is 0 Å². The topological polar surface area (TPSA) is 72.5 Å². The Morgan fingerprint density at radius 3 is 1.36 bits per heavy atom. The van der Waals surface area contributed by atoms with Gasteiger partial charge in [0.05, 0.1) is 39.6 Å². The first-order chi connectivity index (χ1) is 24.6. The third-order valence-corrected chi connectivity index (χ3v) is 9.03. The van der Waals surface area contributed by atoms with E-state index in [1.165, 1.54) is 7.11 Å². The van der Waals surface area contributed by atoms with Crippen molar-refractivity contribution in [1.82, 2.24) is 0 Å². The molecule has 50 heavy (non-hydrogen) atoms. The number of methoxy groups -OCH3 is 1. The van der Waals surface area contributed by atoms with Gasteiger partial charge in [-0.1, -0.05) is 152 Å². The fourth-order valence-corrected chi connectivity index (χ4v) is 6.47. The third kappa shape index (κ3) is 8.38. The summed E-state index contributed by atoms with van der Waals surface area (Å²) < 4.78 is 39.7. The van der Waals surface area contributed by atoms with Gasteiger partial charge in [-0.15, -0.1) is 0 Å². The van der Waals surface area contributed by atoms with Gasteiger partial charge >= 0.3 is 5.97 Å². The molecule has 0 N–H and O–H groups in total. The third-order valence-electron chi connectivity index (χ3n) is 9.03. The molecule has 258 valence electrons. The van der Waals surface area contributed by atoms with Gasteiger partial charge in [0.2, 0.25) is 5.60 Å². The van der Waals surface area contributed by atoms with Crippen molar-refractivity contribution >= 4 is 5.97 Å². The minimum atomic E-state index is -1.74. The zero-order valence-corrected chi connectivity index (χ0v) is 28.5. The van der Waals surface area contributed by atoms with Crippen LogP contribution in [0.4, 0.5) is 0 Å². The highest BCUT2D eigenvalue weighted by Crippen LogP contribution is 2.43. The van der Waals surface area contributed by atoms with Crippen molar-refractivity contribution in [1.29, 1.82) is 0 Å². The maximum absolute atomic E-state index is 14.4. The molecule has 5 aromatic carbocycles. The first-order valence-electron chi connectivity index (χ1n) is 17.0. The van der Waals surface area contributed by atoms with Crippen LogP contribution < -0.4 is 0 Å². The van der Waals surface area contributed by atoms with E-state index < -0.39 is 42.1 Å². The second-order valence-electron chi connectivity index (χ2n) is 12.4. The molecular weight excluding hydrogens is 628 g/mol. The number of hydrogen-bond acceptors (Lipinski definition) is 7. The van der Waals surface area contributed by atoms with Crippen LogP contribution in [0.2, 0.25) is 0 Å². The van der Waals surface area contributed by atoms with E-state index in [0.717, 1.165) is 22.3 Å². The van der Waals surface area contributed by atoms with Crippen LogP contribution in [-0.4, -0.2) is 43.6 Å². The summed E-state index contributed by atoms with van der Waals surface area (Å²) in [6.45, 7) is 2.93. The molecule has 1 saturated heterocycles. The quantitative estimate of drug-likeness (QED) is 0.105. The van der Waals surface area contributed by atoms with Crippen LogP contribution in [0.1, 0.15) is 34.7 Å². The van der Waals surface area contributed by atoms with Crippen molar-refractivity contribution in [3.63, 3.8) is 0 Å². The molecular formula is C43H44O7. The van der Waals surface area contributed by atoms with Crippen LogP contribution in [0.25, 0.3) is 0 Å². The van der Waals surface area contributed by atoms with Gasteiger partial charge in [-0.2, -0.15) is 0 Å². The van der Waals surface area contributed by atoms with E-state index in [-0.39, 0.29) is 13.2 Å². The molecule has 0 unspecified atom stereocenters. The van der Waals surface area contributed by atoms with Crippen molar-refractivity contribution in [2.24, 2.45) is 0 Å². The lowest BCUT2D eigenvalue weighted by Gasteiger charge is -2.50. The lowest BCUT2D eigenvalue weighted by molar-refractivity contribution is -0.301. The molecule has 0 aromatic heterocycles. The van der Waals surface area contributed by atoms with Crippen molar-refractivity contribution in [2.45, 2.75) is 69.5 Å². The van der Waals surface area contributed by atoms with E-state index in [4.69, 9.17) is 28.4 Å². The number of carbonyl (C=O) groups is 1. The Labute approximate surface area is 294 Å². The van der Waals surface area contributed by atoms with Crippen molar-refractivity contribution in [2.75, 3.05) is 7.11 Å². The Hall–Kier alpha value is -4.63. The van der Waals surface area contributed by atoms with Gasteiger partial charge < -0.3 is 28.4 Å².